The zero-order valence-corrected chi connectivity index (χ0v) is 20.2. The van der Waals surface area contributed by atoms with Crippen molar-refractivity contribution in [1.29, 1.82) is 0 Å². The molecule has 3 aromatic rings. The lowest BCUT2D eigenvalue weighted by atomic mass is 9.82. The third-order valence-electron chi connectivity index (χ3n) is 6.73. The summed E-state index contributed by atoms with van der Waals surface area (Å²) >= 11 is 0. The number of rotatable bonds is 6. The highest BCUT2D eigenvalue weighted by Crippen LogP contribution is 2.38. The SMILES string of the molecule is COC(=O)Cc1cc2ccc(F)cc2c(C2CCN(S(=O)(=O)Cc3ccccc3N)CC2)c1C. The van der Waals surface area contributed by atoms with Crippen LogP contribution in [0.25, 0.3) is 10.8 Å². The number of carbonyl (C=O) groups is 1. The van der Waals surface area contributed by atoms with Crippen LogP contribution in [0.1, 0.15) is 41.0 Å². The first-order valence-corrected chi connectivity index (χ1v) is 12.9. The number of ether oxygens (including phenoxy) is 1. The van der Waals surface area contributed by atoms with Crippen LogP contribution < -0.4 is 5.73 Å². The largest absolute Gasteiger partial charge is 0.469 e. The van der Waals surface area contributed by atoms with Gasteiger partial charge in [0.2, 0.25) is 10.0 Å². The van der Waals surface area contributed by atoms with Crippen molar-refractivity contribution < 1.29 is 22.3 Å². The van der Waals surface area contributed by atoms with Gasteiger partial charge < -0.3 is 10.5 Å². The molecule has 180 valence electrons. The first-order valence-electron chi connectivity index (χ1n) is 11.3. The molecule has 2 N–H and O–H groups in total. The number of methoxy groups -OCH3 is 1. The lowest BCUT2D eigenvalue weighted by Crippen LogP contribution is -2.38. The summed E-state index contributed by atoms with van der Waals surface area (Å²) < 4.78 is 46.6. The van der Waals surface area contributed by atoms with Gasteiger partial charge in [0.15, 0.2) is 0 Å². The number of halogens is 1. The van der Waals surface area contributed by atoms with Gasteiger partial charge in [-0.3, -0.25) is 4.79 Å². The molecule has 3 aromatic carbocycles. The molecule has 0 unspecified atom stereocenters. The molecule has 6 nitrogen and oxygen atoms in total. The van der Waals surface area contributed by atoms with Gasteiger partial charge in [-0.2, -0.15) is 0 Å². The maximum atomic E-state index is 14.2. The number of hydrogen-bond donors (Lipinski definition) is 1. The number of benzene rings is 3. The van der Waals surface area contributed by atoms with E-state index in [0.717, 1.165) is 27.5 Å². The minimum Gasteiger partial charge on any atom is -0.469 e. The topological polar surface area (TPSA) is 89.7 Å². The fourth-order valence-corrected chi connectivity index (χ4v) is 6.48. The Morgan fingerprint density at radius 2 is 1.82 bits per heavy atom. The molecule has 0 bridgehead atoms. The van der Waals surface area contributed by atoms with Gasteiger partial charge in [0, 0.05) is 18.8 Å². The fraction of sp³-hybridized carbons (Fsp3) is 0.346. The average Bonchev–Trinajstić information content (AvgIpc) is 2.81. The van der Waals surface area contributed by atoms with E-state index in [1.54, 1.807) is 30.3 Å². The third-order valence-corrected chi connectivity index (χ3v) is 8.56. The van der Waals surface area contributed by atoms with Crippen molar-refractivity contribution in [2.45, 2.75) is 37.9 Å². The maximum Gasteiger partial charge on any atom is 0.309 e. The van der Waals surface area contributed by atoms with Crippen LogP contribution in [0.3, 0.4) is 0 Å². The van der Waals surface area contributed by atoms with Crippen LogP contribution in [-0.2, 0) is 31.7 Å². The van der Waals surface area contributed by atoms with Gasteiger partial charge in [0.05, 0.1) is 19.3 Å². The second-order valence-electron chi connectivity index (χ2n) is 8.82. The summed E-state index contributed by atoms with van der Waals surface area (Å²) in [6, 6.07) is 13.6. The van der Waals surface area contributed by atoms with Crippen molar-refractivity contribution in [2.75, 3.05) is 25.9 Å². The van der Waals surface area contributed by atoms with Gasteiger partial charge in [0.1, 0.15) is 5.82 Å². The number of anilines is 1. The Morgan fingerprint density at radius 3 is 2.50 bits per heavy atom. The van der Waals surface area contributed by atoms with Crippen molar-refractivity contribution >= 4 is 32.5 Å². The van der Waals surface area contributed by atoms with Crippen molar-refractivity contribution in [3.05, 3.63) is 76.6 Å². The summed E-state index contributed by atoms with van der Waals surface area (Å²) in [4.78, 5) is 12.0. The Morgan fingerprint density at radius 1 is 1.12 bits per heavy atom. The molecule has 0 atom stereocenters. The van der Waals surface area contributed by atoms with Crippen LogP contribution >= 0.6 is 0 Å². The number of fused-ring (bicyclic) bond motifs is 1. The number of nitrogens with two attached hydrogens (primary N) is 1. The lowest BCUT2D eigenvalue weighted by molar-refractivity contribution is -0.139. The van der Waals surface area contributed by atoms with E-state index in [0.29, 0.717) is 37.2 Å². The minimum atomic E-state index is -3.52. The maximum absolute atomic E-state index is 14.2. The van der Waals surface area contributed by atoms with Crippen LogP contribution in [0.4, 0.5) is 10.1 Å². The summed E-state index contributed by atoms with van der Waals surface area (Å²) in [5.41, 5.74) is 9.77. The van der Waals surface area contributed by atoms with E-state index in [4.69, 9.17) is 10.5 Å². The van der Waals surface area contributed by atoms with Gasteiger partial charge in [-0.15, -0.1) is 0 Å². The van der Waals surface area contributed by atoms with Crippen LogP contribution in [0.2, 0.25) is 0 Å². The quantitative estimate of drug-likeness (QED) is 0.416. The number of para-hydroxylation sites is 1. The molecule has 0 saturated carbocycles. The summed E-state index contributed by atoms with van der Waals surface area (Å²) in [6.07, 6.45) is 1.35. The van der Waals surface area contributed by atoms with Crippen LogP contribution in [-0.4, -0.2) is 38.9 Å². The summed E-state index contributed by atoms with van der Waals surface area (Å²) in [7, 11) is -2.16. The second-order valence-corrected chi connectivity index (χ2v) is 10.8. The molecular weight excluding hydrogens is 455 g/mol. The second kappa shape index (κ2) is 9.72. The van der Waals surface area contributed by atoms with Crippen molar-refractivity contribution in [3.8, 4) is 0 Å². The van der Waals surface area contributed by atoms with Gasteiger partial charge in [-0.25, -0.2) is 17.1 Å². The van der Waals surface area contributed by atoms with E-state index in [2.05, 4.69) is 0 Å². The molecule has 1 heterocycles. The smallest absolute Gasteiger partial charge is 0.309 e. The Balaban J connectivity index is 1.61. The molecule has 0 aromatic heterocycles. The van der Waals surface area contributed by atoms with Gasteiger partial charge in [-0.1, -0.05) is 30.3 Å². The Hall–Kier alpha value is -2.97. The van der Waals surface area contributed by atoms with Crippen molar-refractivity contribution in [1.82, 2.24) is 4.31 Å². The Labute approximate surface area is 199 Å². The summed E-state index contributed by atoms with van der Waals surface area (Å²) in [5.74, 6) is -0.743. The van der Waals surface area contributed by atoms with E-state index in [9.17, 15) is 17.6 Å². The minimum absolute atomic E-state index is 0.0511. The summed E-state index contributed by atoms with van der Waals surface area (Å²) in [5, 5.41) is 1.67. The van der Waals surface area contributed by atoms with E-state index in [1.165, 1.54) is 23.5 Å². The molecular formula is C26H29FN2O4S. The first kappa shape index (κ1) is 24.2. The van der Waals surface area contributed by atoms with Crippen molar-refractivity contribution in [3.63, 3.8) is 0 Å². The van der Waals surface area contributed by atoms with Crippen molar-refractivity contribution in [2.24, 2.45) is 0 Å². The molecule has 0 amide bonds. The number of piperidine rings is 1. The van der Waals surface area contributed by atoms with Crippen LogP contribution in [0.15, 0.2) is 48.5 Å². The zero-order chi connectivity index (χ0) is 24.5. The van der Waals surface area contributed by atoms with Crippen LogP contribution in [0, 0.1) is 12.7 Å². The number of nitrogens with zero attached hydrogens (tertiary/aromatic N) is 1. The molecule has 1 aliphatic rings. The molecule has 0 aliphatic carbocycles. The lowest BCUT2D eigenvalue weighted by Gasteiger charge is -2.33. The van der Waals surface area contributed by atoms with Gasteiger partial charge in [-0.05, 0) is 76.9 Å². The van der Waals surface area contributed by atoms with Gasteiger partial charge >= 0.3 is 5.97 Å². The first-order chi connectivity index (χ1) is 16.2. The standard InChI is InChI=1S/C26H29FN2O4S/c1-17-21(14-25(30)33-2)13-19-7-8-22(27)15-23(19)26(17)18-9-11-29(12-10-18)34(31,32)16-20-5-3-4-6-24(20)28/h3-8,13,15,18H,9-12,14,16,28H2,1-2H3. The summed E-state index contributed by atoms with van der Waals surface area (Å²) in [6.45, 7) is 2.69. The number of esters is 1. The van der Waals surface area contributed by atoms with E-state index < -0.39 is 10.0 Å². The zero-order valence-electron chi connectivity index (χ0n) is 19.4. The van der Waals surface area contributed by atoms with E-state index in [-0.39, 0.29) is 29.9 Å². The third kappa shape index (κ3) is 4.93. The Bertz CT molecular complexity index is 1330. The predicted octanol–water partition coefficient (Wildman–Crippen LogP) is 4.29. The number of nitrogen functional groups attached to an aromatic ring is 1. The highest BCUT2D eigenvalue weighted by Gasteiger charge is 2.31. The average molecular weight is 485 g/mol. The van der Waals surface area contributed by atoms with Gasteiger partial charge in [0.25, 0.3) is 0 Å². The normalized spacial score (nSPS) is 15.5. The molecule has 4 rings (SSSR count). The molecule has 1 aliphatic heterocycles. The fourth-order valence-electron chi connectivity index (χ4n) is 4.87. The molecule has 1 saturated heterocycles. The highest BCUT2D eigenvalue weighted by atomic mass is 32.2. The molecule has 1 fully saturated rings. The molecule has 0 radical (unpaired) electrons. The van der Waals surface area contributed by atoms with E-state index >= 15 is 0 Å². The van der Waals surface area contributed by atoms with Crippen LogP contribution in [0.5, 0.6) is 0 Å². The monoisotopic (exact) mass is 484 g/mol. The molecule has 0 spiro atoms. The highest BCUT2D eigenvalue weighted by molar-refractivity contribution is 7.88. The number of carbonyl (C=O) groups excluding carboxylic acids is 1. The number of hydrogen-bond acceptors (Lipinski definition) is 5. The Kier molecular flexibility index (Phi) is 6.91. The number of sulfonamides is 1. The predicted molar refractivity (Wildman–Crippen MR) is 131 cm³/mol. The molecule has 8 heteroatoms. The van der Waals surface area contributed by atoms with E-state index in [1.807, 2.05) is 13.0 Å². The molecule has 34 heavy (non-hydrogen) atoms.